The van der Waals surface area contributed by atoms with Crippen molar-refractivity contribution in [3.05, 3.63) is 53.6 Å². The van der Waals surface area contributed by atoms with E-state index in [9.17, 15) is 15.3 Å². The maximum Gasteiger partial charge on any atom is 0.141 e. The molecule has 0 saturated carbocycles. The molecule has 0 bridgehead atoms. The van der Waals surface area contributed by atoms with Crippen LogP contribution in [0.1, 0.15) is 12.0 Å². The Balaban J connectivity index is 2.13. The maximum atomic E-state index is 9.65. The molecule has 4 heteroatoms. The maximum absolute atomic E-state index is 9.65. The van der Waals surface area contributed by atoms with Gasteiger partial charge in [-0.25, -0.2) is 0 Å². The summed E-state index contributed by atoms with van der Waals surface area (Å²) in [5.74, 6) is 0.0512. The molecule has 0 aliphatic heterocycles. The molecule has 0 saturated heterocycles. The molecule has 0 heterocycles. The molecular weight excluding hydrogens is 296 g/mol. The number of halogens is 1. The van der Waals surface area contributed by atoms with E-state index in [1.807, 2.05) is 12.2 Å². The van der Waals surface area contributed by atoms with Gasteiger partial charge in [0.25, 0.3) is 0 Å². The minimum Gasteiger partial charge on any atom is -0.508 e. The molecule has 0 fully saturated rings. The molecule has 1 aliphatic carbocycles. The Morgan fingerprint density at radius 1 is 1.11 bits per heavy atom. The monoisotopic (exact) mass is 308 g/mol. The van der Waals surface area contributed by atoms with Crippen LogP contribution >= 0.6 is 15.9 Å². The SMILES string of the molecule is Oc1cc(O)cc(C=CC2=CCC(O)(Br)C=C2)c1. The zero-order valence-corrected chi connectivity index (χ0v) is 11.1. The highest BCUT2D eigenvalue weighted by Gasteiger charge is 2.19. The van der Waals surface area contributed by atoms with Gasteiger partial charge in [0.2, 0.25) is 0 Å². The number of allylic oxidation sites excluding steroid dienone is 3. The Hall–Kier alpha value is -1.52. The summed E-state index contributed by atoms with van der Waals surface area (Å²) in [6.45, 7) is 0. The molecule has 0 amide bonds. The standard InChI is InChI=1S/C14H13BrO3/c15-14(18)5-3-10(4-6-14)1-2-11-7-12(16)9-13(17)8-11/h1-5,7-9,16-18H,6H2. The molecule has 0 radical (unpaired) electrons. The molecule has 1 unspecified atom stereocenters. The summed E-state index contributed by atoms with van der Waals surface area (Å²) in [5, 5.41) is 28.3. The molecule has 0 aromatic heterocycles. The lowest BCUT2D eigenvalue weighted by Gasteiger charge is -2.18. The normalized spacial score (nSPS) is 23.3. The van der Waals surface area contributed by atoms with Crippen LogP contribution < -0.4 is 0 Å². The van der Waals surface area contributed by atoms with Crippen molar-refractivity contribution in [3.63, 3.8) is 0 Å². The van der Waals surface area contributed by atoms with Gasteiger partial charge in [0.1, 0.15) is 16.0 Å². The third kappa shape index (κ3) is 3.48. The lowest BCUT2D eigenvalue weighted by Crippen LogP contribution is -2.16. The van der Waals surface area contributed by atoms with Gasteiger partial charge in [0.05, 0.1) is 0 Å². The van der Waals surface area contributed by atoms with Gasteiger partial charge in [-0.3, -0.25) is 0 Å². The van der Waals surface area contributed by atoms with Crippen molar-refractivity contribution < 1.29 is 15.3 Å². The zero-order chi connectivity index (χ0) is 13.2. The fraction of sp³-hybridized carbons (Fsp3) is 0.143. The Labute approximate surface area is 114 Å². The number of phenolic OH excluding ortho intramolecular Hbond substituents is 2. The van der Waals surface area contributed by atoms with E-state index in [4.69, 9.17) is 0 Å². The van der Waals surface area contributed by atoms with Crippen LogP contribution in [0, 0.1) is 0 Å². The highest BCUT2D eigenvalue weighted by molar-refractivity contribution is 9.10. The highest BCUT2D eigenvalue weighted by atomic mass is 79.9. The molecule has 0 spiro atoms. The van der Waals surface area contributed by atoms with E-state index in [-0.39, 0.29) is 11.5 Å². The van der Waals surface area contributed by atoms with Crippen molar-refractivity contribution in [1.82, 2.24) is 0 Å². The second-order valence-electron chi connectivity index (χ2n) is 4.18. The molecule has 1 atom stereocenters. The Bertz CT molecular complexity index is 522. The lowest BCUT2D eigenvalue weighted by atomic mass is 10.0. The van der Waals surface area contributed by atoms with Gasteiger partial charge < -0.3 is 15.3 Å². The largest absolute Gasteiger partial charge is 0.508 e. The number of benzene rings is 1. The van der Waals surface area contributed by atoms with Gasteiger partial charge in [0, 0.05) is 12.5 Å². The van der Waals surface area contributed by atoms with Gasteiger partial charge in [-0.2, -0.15) is 0 Å². The van der Waals surface area contributed by atoms with Gasteiger partial charge in [-0.05, 0) is 45.3 Å². The predicted octanol–water partition coefficient (Wildman–Crippen LogP) is 3.08. The fourth-order valence-corrected chi connectivity index (χ4v) is 1.95. The third-order valence-electron chi connectivity index (χ3n) is 2.55. The van der Waals surface area contributed by atoms with Crippen LogP contribution in [0.15, 0.2) is 48.1 Å². The number of rotatable bonds is 2. The van der Waals surface area contributed by atoms with Gasteiger partial charge in [0.15, 0.2) is 0 Å². The van der Waals surface area contributed by atoms with E-state index in [0.29, 0.717) is 12.0 Å². The Morgan fingerprint density at radius 3 is 2.33 bits per heavy atom. The van der Waals surface area contributed by atoms with Crippen LogP contribution in [-0.4, -0.2) is 19.8 Å². The number of hydrogen-bond acceptors (Lipinski definition) is 3. The Morgan fingerprint density at radius 2 is 1.78 bits per heavy atom. The first-order valence-electron chi connectivity index (χ1n) is 5.46. The summed E-state index contributed by atoms with van der Waals surface area (Å²) in [4.78, 5) is 0. The van der Waals surface area contributed by atoms with Crippen LogP contribution in [0.25, 0.3) is 6.08 Å². The number of aromatic hydroxyl groups is 2. The van der Waals surface area contributed by atoms with Crippen molar-refractivity contribution >= 4 is 22.0 Å². The molecule has 1 aromatic carbocycles. The van der Waals surface area contributed by atoms with Crippen LogP contribution in [0.5, 0.6) is 11.5 Å². The van der Waals surface area contributed by atoms with Crippen molar-refractivity contribution in [2.75, 3.05) is 0 Å². The summed E-state index contributed by atoms with van der Waals surface area (Å²) >= 11 is 3.17. The first-order valence-corrected chi connectivity index (χ1v) is 6.26. The number of hydrogen-bond donors (Lipinski definition) is 3. The number of alkyl halides is 1. The van der Waals surface area contributed by atoms with Crippen molar-refractivity contribution in [3.8, 4) is 11.5 Å². The molecule has 3 N–H and O–H groups in total. The van der Waals surface area contributed by atoms with E-state index in [1.54, 1.807) is 30.4 Å². The molecule has 94 valence electrons. The lowest BCUT2D eigenvalue weighted by molar-refractivity contribution is 0.197. The summed E-state index contributed by atoms with van der Waals surface area (Å²) in [5.41, 5.74) is 1.67. The molecule has 1 aromatic rings. The van der Waals surface area contributed by atoms with E-state index >= 15 is 0 Å². The molecule has 1 aliphatic rings. The molecule has 18 heavy (non-hydrogen) atoms. The first-order chi connectivity index (χ1) is 8.44. The molecule has 2 rings (SSSR count). The fourth-order valence-electron chi connectivity index (χ4n) is 1.65. The minimum atomic E-state index is -0.951. The quantitative estimate of drug-likeness (QED) is 0.736. The topological polar surface area (TPSA) is 60.7 Å². The first kappa shape index (κ1) is 12.9. The summed E-state index contributed by atoms with van der Waals surface area (Å²) in [6, 6.07) is 4.40. The average Bonchev–Trinajstić information content (AvgIpc) is 2.26. The van der Waals surface area contributed by atoms with Crippen LogP contribution in [0.3, 0.4) is 0 Å². The third-order valence-corrected chi connectivity index (χ3v) is 3.14. The molecule has 3 nitrogen and oxygen atoms in total. The summed E-state index contributed by atoms with van der Waals surface area (Å²) < 4.78 is -0.951. The van der Waals surface area contributed by atoms with Crippen molar-refractivity contribution in [1.29, 1.82) is 0 Å². The van der Waals surface area contributed by atoms with E-state index in [2.05, 4.69) is 15.9 Å². The smallest absolute Gasteiger partial charge is 0.141 e. The number of aliphatic hydroxyl groups is 1. The van der Waals surface area contributed by atoms with Crippen LogP contribution in [-0.2, 0) is 0 Å². The van der Waals surface area contributed by atoms with Gasteiger partial charge in [-0.1, -0.05) is 24.3 Å². The predicted molar refractivity (Wildman–Crippen MR) is 74.5 cm³/mol. The van der Waals surface area contributed by atoms with E-state index < -0.39 is 4.51 Å². The van der Waals surface area contributed by atoms with Gasteiger partial charge >= 0.3 is 0 Å². The van der Waals surface area contributed by atoms with E-state index in [1.165, 1.54) is 6.07 Å². The van der Waals surface area contributed by atoms with Crippen molar-refractivity contribution in [2.45, 2.75) is 10.9 Å². The van der Waals surface area contributed by atoms with Crippen LogP contribution in [0.4, 0.5) is 0 Å². The van der Waals surface area contributed by atoms with Crippen LogP contribution in [0.2, 0.25) is 0 Å². The minimum absolute atomic E-state index is 0.0256. The van der Waals surface area contributed by atoms with Gasteiger partial charge in [-0.15, -0.1) is 0 Å². The van der Waals surface area contributed by atoms with Crippen molar-refractivity contribution in [2.24, 2.45) is 0 Å². The summed E-state index contributed by atoms with van der Waals surface area (Å²) in [6.07, 6.45) is 9.51. The van der Waals surface area contributed by atoms with E-state index in [0.717, 1.165) is 5.57 Å². The second kappa shape index (κ2) is 5.00. The number of phenols is 2. The average molecular weight is 309 g/mol. The molecular formula is C14H13BrO3. The zero-order valence-electron chi connectivity index (χ0n) is 9.55. The second-order valence-corrected chi connectivity index (χ2v) is 5.55. The Kier molecular flexibility index (Phi) is 3.59. The summed E-state index contributed by atoms with van der Waals surface area (Å²) in [7, 11) is 0. The highest BCUT2D eigenvalue weighted by Crippen LogP contribution is 2.27.